The van der Waals surface area contributed by atoms with Crippen LogP contribution in [0.25, 0.3) is 0 Å². The fourth-order valence-corrected chi connectivity index (χ4v) is 5.16. The van der Waals surface area contributed by atoms with Crippen molar-refractivity contribution < 1.29 is 24.1 Å². The SMILES string of the molecule is O=C([C@@H]1CSCN1C(=O)CCN1C(=O)c2ccc([N+](=O)[O-])cc2C1=O)N1CCCC1. The number of nitro benzene ring substituents is 1. The number of nitro groups is 1. The molecule has 0 radical (unpaired) electrons. The number of likely N-dealkylation sites (tertiary alicyclic amines) is 1. The summed E-state index contributed by atoms with van der Waals surface area (Å²) in [5.41, 5.74) is -0.206. The number of hydrogen-bond donors (Lipinski definition) is 0. The van der Waals surface area contributed by atoms with E-state index in [9.17, 15) is 29.3 Å². The molecule has 0 saturated carbocycles. The fraction of sp³-hybridized carbons (Fsp3) is 0.474. The van der Waals surface area contributed by atoms with Gasteiger partial charge in [0.2, 0.25) is 11.8 Å². The number of thioether (sulfide) groups is 1. The van der Waals surface area contributed by atoms with E-state index in [4.69, 9.17) is 0 Å². The maximum atomic E-state index is 12.8. The van der Waals surface area contributed by atoms with Crippen molar-refractivity contribution in [1.82, 2.24) is 14.7 Å². The minimum atomic E-state index is -0.646. The van der Waals surface area contributed by atoms with Crippen molar-refractivity contribution in [1.29, 1.82) is 0 Å². The summed E-state index contributed by atoms with van der Waals surface area (Å²) in [5, 5.41) is 10.9. The van der Waals surface area contributed by atoms with Crippen molar-refractivity contribution in [3.8, 4) is 0 Å². The first kappa shape index (κ1) is 20.3. The van der Waals surface area contributed by atoms with Crippen molar-refractivity contribution in [2.75, 3.05) is 31.3 Å². The lowest BCUT2D eigenvalue weighted by Crippen LogP contribution is -2.48. The summed E-state index contributed by atoms with van der Waals surface area (Å²) in [7, 11) is 0. The molecule has 30 heavy (non-hydrogen) atoms. The molecular formula is C19H20N4O6S. The molecule has 1 atom stereocenters. The molecule has 0 spiro atoms. The van der Waals surface area contributed by atoms with Crippen molar-refractivity contribution in [2.45, 2.75) is 25.3 Å². The molecule has 3 aliphatic rings. The van der Waals surface area contributed by atoms with Gasteiger partial charge >= 0.3 is 0 Å². The minimum Gasteiger partial charge on any atom is -0.341 e. The Morgan fingerprint density at radius 1 is 1.13 bits per heavy atom. The first-order valence-corrected chi connectivity index (χ1v) is 10.8. The Kier molecular flexibility index (Phi) is 5.46. The molecule has 4 amide bonds. The summed E-state index contributed by atoms with van der Waals surface area (Å²) < 4.78 is 0. The maximum absolute atomic E-state index is 12.8. The average Bonchev–Trinajstić information content (AvgIpc) is 3.47. The highest BCUT2D eigenvalue weighted by molar-refractivity contribution is 7.99. The Hall–Kier alpha value is -2.95. The number of hydrogen-bond acceptors (Lipinski definition) is 7. The zero-order chi connectivity index (χ0) is 21.4. The van der Waals surface area contributed by atoms with E-state index in [-0.39, 0.29) is 41.6 Å². The van der Waals surface area contributed by atoms with Crippen molar-refractivity contribution in [3.05, 3.63) is 39.4 Å². The van der Waals surface area contributed by atoms with E-state index in [0.29, 0.717) is 24.7 Å². The van der Waals surface area contributed by atoms with E-state index in [1.54, 1.807) is 4.90 Å². The standard InChI is InChI=1S/C19H20N4O6S/c24-16(22-11-30-10-15(22)19(27)20-6-1-2-7-20)5-8-21-17(25)13-4-3-12(23(28)29)9-14(13)18(21)26/h3-4,9,15H,1-2,5-8,10-11H2/t15-/m0/s1. The van der Waals surface area contributed by atoms with Crippen LogP contribution in [0.1, 0.15) is 40.0 Å². The highest BCUT2D eigenvalue weighted by Gasteiger charge is 2.40. The molecule has 2 saturated heterocycles. The van der Waals surface area contributed by atoms with Gasteiger partial charge in [-0.1, -0.05) is 0 Å². The lowest BCUT2D eigenvalue weighted by molar-refractivity contribution is -0.384. The molecular weight excluding hydrogens is 412 g/mol. The van der Waals surface area contributed by atoms with Gasteiger partial charge in [-0.05, 0) is 18.9 Å². The lowest BCUT2D eigenvalue weighted by Gasteiger charge is -2.27. The monoisotopic (exact) mass is 432 g/mol. The molecule has 0 aromatic heterocycles. The Labute approximate surface area is 176 Å². The van der Waals surface area contributed by atoms with Crippen LogP contribution >= 0.6 is 11.8 Å². The van der Waals surface area contributed by atoms with E-state index in [1.807, 2.05) is 0 Å². The number of nitrogens with zero attached hydrogens (tertiary/aromatic N) is 4. The van der Waals surface area contributed by atoms with Gasteiger partial charge in [0, 0.05) is 43.9 Å². The van der Waals surface area contributed by atoms with Crippen LogP contribution < -0.4 is 0 Å². The molecule has 11 heteroatoms. The molecule has 1 aromatic carbocycles. The average molecular weight is 432 g/mol. The zero-order valence-corrected chi connectivity index (χ0v) is 16.9. The zero-order valence-electron chi connectivity index (χ0n) is 16.1. The Balaban J connectivity index is 1.41. The number of amides is 4. The van der Waals surface area contributed by atoms with Gasteiger partial charge in [0.1, 0.15) is 6.04 Å². The van der Waals surface area contributed by atoms with Crippen molar-refractivity contribution >= 4 is 41.1 Å². The van der Waals surface area contributed by atoms with Gasteiger partial charge in [0.25, 0.3) is 17.5 Å². The molecule has 158 valence electrons. The van der Waals surface area contributed by atoms with Gasteiger partial charge in [-0.15, -0.1) is 11.8 Å². The smallest absolute Gasteiger partial charge is 0.270 e. The molecule has 1 aromatic rings. The van der Waals surface area contributed by atoms with E-state index >= 15 is 0 Å². The number of imide groups is 1. The quantitative estimate of drug-likeness (QED) is 0.388. The van der Waals surface area contributed by atoms with Crippen LogP contribution in [0.15, 0.2) is 18.2 Å². The highest BCUT2D eigenvalue weighted by Crippen LogP contribution is 2.28. The van der Waals surface area contributed by atoms with Gasteiger partial charge in [0.15, 0.2) is 0 Å². The predicted octanol–water partition coefficient (Wildman–Crippen LogP) is 1.10. The number of fused-ring (bicyclic) bond motifs is 1. The predicted molar refractivity (Wildman–Crippen MR) is 107 cm³/mol. The normalized spacial score (nSPS) is 20.8. The number of non-ortho nitro benzene ring substituents is 1. The first-order valence-electron chi connectivity index (χ1n) is 9.69. The second-order valence-electron chi connectivity index (χ2n) is 7.41. The Bertz CT molecular complexity index is 945. The lowest BCUT2D eigenvalue weighted by atomic mass is 10.1. The molecule has 2 fully saturated rings. The van der Waals surface area contributed by atoms with E-state index in [1.165, 1.54) is 28.8 Å². The number of carbonyl (C=O) groups is 4. The van der Waals surface area contributed by atoms with Crippen molar-refractivity contribution in [3.63, 3.8) is 0 Å². The third-order valence-corrected chi connectivity index (χ3v) is 6.63. The highest BCUT2D eigenvalue weighted by atomic mass is 32.2. The summed E-state index contributed by atoms with van der Waals surface area (Å²) in [6.07, 6.45) is 1.84. The van der Waals surface area contributed by atoms with Crippen LogP contribution in [-0.2, 0) is 9.59 Å². The topological polar surface area (TPSA) is 121 Å². The number of benzene rings is 1. The third kappa shape index (κ3) is 3.53. The van der Waals surface area contributed by atoms with Crippen LogP contribution in [0.4, 0.5) is 5.69 Å². The molecule has 0 aliphatic carbocycles. The van der Waals surface area contributed by atoms with Crippen LogP contribution in [0, 0.1) is 10.1 Å². The summed E-state index contributed by atoms with van der Waals surface area (Å²) in [6.45, 7) is 1.29. The maximum Gasteiger partial charge on any atom is 0.270 e. The summed E-state index contributed by atoms with van der Waals surface area (Å²) in [4.78, 5) is 65.1. The molecule has 0 N–H and O–H groups in total. The molecule has 0 unspecified atom stereocenters. The second-order valence-corrected chi connectivity index (χ2v) is 8.41. The van der Waals surface area contributed by atoms with E-state index < -0.39 is 22.8 Å². The van der Waals surface area contributed by atoms with Crippen molar-refractivity contribution in [2.24, 2.45) is 0 Å². The Morgan fingerprint density at radius 3 is 2.53 bits per heavy atom. The molecule has 3 heterocycles. The largest absolute Gasteiger partial charge is 0.341 e. The third-order valence-electron chi connectivity index (χ3n) is 5.62. The van der Waals surface area contributed by atoms with Crippen LogP contribution in [0.5, 0.6) is 0 Å². The van der Waals surface area contributed by atoms with Gasteiger partial charge in [0.05, 0.1) is 21.9 Å². The van der Waals surface area contributed by atoms with E-state index in [0.717, 1.165) is 23.8 Å². The van der Waals surface area contributed by atoms with Gasteiger partial charge < -0.3 is 9.80 Å². The summed E-state index contributed by atoms with van der Waals surface area (Å²) in [6, 6.07) is 3.01. The summed E-state index contributed by atoms with van der Waals surface area (Å²) in [5.74, 6) is -0.612. The van der Waals surface area contributed by atoms with Gasteiger partial charge in [-0.3, -0.25) is 34.2 Å². The fourth-order valence-electron chi connectivity index (χ4n) is 3.99. The van der Waals surface area contributed by atoms with Crippen LogP contribution in [-0.4, -0.2) is 80.6 Å². The second kappa shape index (κ2) is 8.05. The molecule has 0 bridgehead atoms. The Morgan fingerprint density at radius 2 is 1.83 bits per heavy atom. The van der Waals surface area contributed by atoms with E-state index in [2.05, 4.69) is 0 Å². The number of carbonyl (C=O) groups excluding carboxylic acids is 4. The number of rotatable bonds is 5. The van der Waals surface area contributed by atoms with Crippen LogP contribution in [0.3, 0.4) is 0 Å². The molecule has 10 nitrogen and oxygen atoms in total. The van der Waals surface area contributed by atoms with Gasteiger partial charge in [-0.2, -0.15) is 0 Å². The minimum absolute atomic E-state index is 0.0273. The first-order chi connectivity index (χ1) is 14.4. The molecule has 4 rings (SSSR count). The molecule has 3 aliphatic heterocycles. The van der Waals surface area contributed by atoms with Crippen LogP contribution in [0.2, 0.25) is 0 Å². The van der Waals surface area contributed by atoms with Gasteiger partial charge in [-0.25, -0.2) is 0 Å². The summed E-state index contributed by atoms with van der Waals surface area (Å²) >= 11 is 1.51.